The van der Waals surface area contributed by atoms with Crippen LogP contribution in [-0.4, -0.2) is 27.0 Å². The quantitative estimate of drug-likeness (QED) is 0.404. The Bertz CT molecular complexity index is 1130. The maximum Gasteiger partial charge on any atom is 0.271 e. The maximum atomic E-state index is 12.2. The van der Waals surface area contributed by atoms with Gasteiger partial charge in [-0.3, -0.25) is 4.79 Å². The summed E-state index contributed by atoms with van der Waals surface area (Å²) in [5, 5.41) is 18.1. The second-order valence-corrected chi connectivity index (χ2v) is 6.33. The van der Waals surface area contributed by atoms with Crippen LogP contribution in [0.2, 0.25) is 0 Å². The number of nitrogens with one attached hydrogen (secondary N) is 1. The van der Waals surface area contributed by atoms with Crippen LogP contribution in [0, 0.1) is 0 Å². The van der Waals surface area contributed by atoms with Crippen LogP contribution in [0.15, 0.2) is 96.2 Å². The molecule has 3 aromatic carbocycles. The minimum atomic E-state index is -0.363. The molecule has 0 saturated heterocycles. The fourth-order valence-electron chi connectivity index (χ4n) is 2.85. The van der Waals surface area contributed by atoms with E-state index in [-0.39, 0.29) is 11.7 Å². The third kappa shape index (κ3) is 4.22. The van der Waals surface area contributed by atoms with Crippen molar-refractivity contribution in [2.45, 2.75) is 0 Å². The number of phenols is 1. The van der Waals surface area contributed by atoms with Crippen LogP contribution in [0.3, 0.4) is 0 Å². The molecule has 1 aromatic heterocycles. The molecule has 4 rings (SSSR count). The highest BCUT2D eigenvalue weighted by Gasteiger charge is 2.11. The summed E-state index contributed by atoms with van der Waals surface area (Å²) in [7, 11) is 0. The maximum absolute atomic E-state index is 12.2. The van der Waals surface area contributed by atoms with Crippen LogP contribution in [0.1, 0.15) is 15.9 Å². The van der Waals surface area contributed by atoms with Gasteiger partial charge in [0, 0.05) is 22.9 Å². The van der Waals surface area contributed by atoms with Gasteiger partial charge in [0.05, 0.1) is 11.9 Å². The normalized spacial score (nSPS) is 10.9. The Hall–Kier alpha value is -4.19. The van der Waals surface area contributed by atoms with Crippen LogP contribution < -0.4 is 5.43 Å². The van der Waals surface area contributed by atoms with E-state index in [1.54, 1.807) is 10.9 Å². The highest BCUT2D eigenvalue weighted by atomic mass is 16.3. The van der Waals surface area contributed by atoms with Gasteiger partial charge in [0.1, 0.15) is 11.4 Å². The number of aromatic hydroxyl groups is 1. The number of phenolic OH excluding ortho intramolecular Hbond substituents is 1. The van der Waals surface area contributed by atoms with E-state index >= 15 is 0 Å². The highest BCUT2D eigenvalue weighted by Crippen LogP contribution is 2.22. The smallest absolute Gasteiger partial charge is 0.271 e. The lowest BCUT2D eigenvalue weighted by Gasteiger charge is -2.00. The number of hydrazone groups is 1. The summed E-state index contributed by atoms with van der Waals surface area (Å²) in [6, 6.07) is 25.6. The molecular weight excluding hydrogens is 364 g/mol. The molecule has 6 heteroatoms. The van der Waals surface area contributed by atoms with Gasteiger partial charge in [0.2, 0.25) is 0 Å². The van der Waals surface area contributed by atoms with E-state index in [1.165, 1.54) is 24.3 Å². The molecule has 0 unspecified atom stereocenters. The second-order valence-electron chi connectivity index (χ2n) is 6.33. The zero-order chi connectivity index (χ0) is 20.1. The number of hydrogen-bond acceptors (Lipinski definition) is 4. The summed E-state index contributed by atoms with van der Waals surface area (Å²) >= 11 is 0. The summed E-state index contributed by atoms with van der Waals surface area (Å²) in [6.07, 6.45) is 3.45. The molecule has 0 fully saturated rings. The summed E-state index contributed by atoms with van der Waals surface area (Å²) < 4.78 is 1.78. The number of carbonyl (C=O) groups excluding carboxylic acids is 1. The van der Waals surface area contributed by atoms with Crippen molar-refractivity contribution in [1.29, 1.82) is 0 Å². The fourth-order valence-corrected chi connectivity index (χ4v) is 2.85. The SMILES string of the molecule is O=C(NN=Cc1cn(-c2ccccc2)nc1-c1ccccc1)c1ccc(O)cc1. The molecule has 29 heavy (non-hydrogen) atoms. The van der Waals surface area contributed by atoms with Gasteiger partial charge in [-0.2, -0.15) is 10.2 Å². The van der Waals surface area contributed by atoms with Crippen LogP contribution in [-0.2, 0) is 0 Å². The molecule has 0 saturated carbocycles. The van der Waals surface area contributed by atoms with Crippen molar-refractivity contribution in [3.63, 3.8) is 0 Å². The number of amides is 1. The first-order chi connectivity index (χ1) is 14.2. The van der Waals surface area contributed by atoms with Gasteiger partial charge >= 0.3 is 0 Å². The van der Waals surface area contributed by atoms with Crippen molar-refractivity contribution in [3.8, 4) is 22.7 Å². The number of para-hydroxylation sites is 1. The van der Waals surface area contributed by atoms with Crippen LogP contribution in [0.25, 0.3) is 16.9 Å². The Morgan fingerprint density at radius 1 is 0.931 bits per heavy atom. The van der Waals surface area contributed by atoms with Crippen molar-refractivity contribution in [3.05, 3.63) is 102 Å². The van der Waals surface area contributed by atoms with Gasteiger partial charge in [-0.15, -0.1) is 0 Å². The van der Waals surface area contributed by atoms with Gasteiger partial charge < -0.3 is 5.11 Å². The summed E-state index contributed by atoms with van der Waals surface area (Å²) in [5.41, 5.74) is 6.32. The van der Waals surface area contributed by atoms with Gasteiger partial charge in [-0.25, -0.2) is 10.1 Å². The molecule has 0 aliphatic heterocycles. The summed E-state index contributed by atoms with van der Waals surface area (Å²) in [4.78, 5) is 12.2. The molecule has 4 aromatic rings. The third-order valence-electron chi connectivity index (χ3n) is 4.31. The fraction of sp³-hybridized carbons (Fsp3) is 0. The van der Waals surface area contributed by atoms with Gasteiger partial charge in [0.15, 0.2) is 0 Å². The molecule has 1 heterocycles. The zero-order valence-corrected chi connectivity index (χ0v) is 15.4. The molecule has 0 aliphatic rings. The number of carbonyl (C=O) groups is 1. The standard InChI is InChI=1S/C23H18N4O2/c28-21-13-11-18(12-14-21)23(29)25-24-15-19-16-27(20-9-5-2-6-10-20)26-22(19)17-7-3-1-4-8-17/h1-16,28H,(H,25,29). The first kappa shape index (κ1) is 18.2. The Balaban J connectivity index is 1.61. The van der Waals surface area contributed by atoms with Gasteiger partial charge in [-0.05, 0) is 36.4 Å². The van der Waals surface area contributed by atoms with E-state index in [0.29, 0.717) is 5.56 Å². The first-order valence-corrected chi connectivity index (χ1v) is 9.04. The molecule has 0 bridgehead atoms. The minimum absolute atomic E-state index is 0.103. The van der Waals surface area contributed by atoms with E-state index in [9.17, 15) is 9.90 Å². The number of benzene rings is 3. The lowest BCUT2D eigenvalue weighted by molar-refractivity contribution is 0.0955. The molecule has 0 spiro atoms. The van der Waals surface area contributed by atoms with Crippen molar-refractivity contribution in [2.75, 3.05) is 0 Å². The summed E-state index contributed by atoms with van der Waals surface area (Å²) in [5.74, 6) is -0.260. The molecule has 142 valence electrons. The predicted octanol–water partition coefficient (Wildman–Crippen LogP) is 4.01. The Kier molecular flexibility index (Phi) is 5.16. The Morgan fingerprint density at radius 2 is 1.59 bits per heavy atom. The Morgan fingerprint density at radius 3 is 2.28 bits per heavy atom. The van der Waals surface area contributed by atoms with E-state index in [0.717, 1.165) is 22.5 Å². The van der Waals surface area contributed by atoms with E-state index < -0.39 is 0 Å². The van der Waals surface area contributed by atoms with Gasteiger partial charge in [0.25, 0.3) is 5.91 Å². The van der Waals surface area contributed by atoms with Crippen LogP contribution >= 0.6 is 0 Å². The average molecular weight is 382 g/mol. The number of rotatable bonds is 5. The van der Waals surface area contributed by atoms with Gasteiger partial charge in [-0.1, -0.05) is 48.5 Å². The summed E-state index contributed by atoms with van der Waals surface area (Å²) in [6.45, 7) is 0. The highest BCUT2D eigenvalue weighted by molar-refractivity contribution is 5.95. The molecule has 0 aliphatic carbocycles. The molecular formula is C23H18N4O2. The van der Waals surface area contributed by atoms with Crippen molar-refractivity contribution in [2.24, 2.45) is 5.10 Å². The van der Waals surface area contributed by atoms with Crippen molar-refractivity contribution < 1.29 is 9.90 Å². The zero-order valence-electron chi connectivity index (χ0n) is 15.4. The molecule has 0 radical (unpaired) electrons. The molecule has 6 nitrogen and oxygen atoms in total. The predicted molar refractivity (Wildman–Crippen MR) is 112 cm³/mol. The first-order valence-electron chi connectivity index (χ1n) is 9.04. The number of hydrogen-bond donors (Lipinski definition) is 2. The lowest BCUT2D eigenvalue weighted by Crippen LogP contribution is -2.17. The third-order valence-corrected chi connectivity index (χ3v) is 4.31. The molecule has 2 N–H and O–H groups in total. The second kappa shape index (κ2) is 8.22. The van der Waals surface area contributed by atoms with Crippen LogP contribution in [0.4, 0.5) is 0 Å². The molecule has 0 atom stereocenters. The molecule has 1 amide bonds. The average Bonchev–Trinajstić information content (AvgIpc) is 3.19. The van der Waals surface area contributed by atoms with Crippen LogP contribution in [0.5, 0.6) is 5.75 Å². The van der Waals surface area contributed by atoms with Crippen molar-refractivity contribution in [1.82, 2.24) is 15.2 Å². The number of nitrogens with zero attached hydrogens (tertiary/aromatic N) is 3. The van der Waals surface area contributed by atoms with E-state index in [1.807, 2.05) is 66.9 Å². The number of aromatic nitrogens is 2. The van der Waals surface area contributed by atoms with Crippen molar-refractivity contribution >= 4 is 12.1 Å². The monoisotopic (exact) mass is 382 g/mol. The minimum Gasteiger partial charge on any atom is -0.508 e. The van der Waals surface area contributed by atoms with E-state index in [4.69, 9.17) is 5.10 Å². The lowest BCUT2D eigenvalue weighted by atomic mass is 10.1. The topological polar surface area (TPSA) is 79.5 Å². The van der Waals surface area contributed by atoms with E-state index in [2.05, 4.69) is 10.5 Å². The Labute approximate surface area is 167 Å². The largest absolute Gasteiger partial charge is 0.508 e.